The zero-order valence-corrected chi connectivity index (χ0v) is 13.3. The molecule has 20 heavy (non-hydrogen) atoms. The Morgan fingerprint density at radius 1 is 1.40 bits per heavy atom. The Bertz CT molecular complexity index is 449. The average Bonchev–Trinajstić information content (AvgIpc) is 2.35. The molecule has 0 aliphatic rings. The van der Waals surface area contributed by atoms with Crippen LogP contribution in [0.25, 0.3) is 0 Å². The van der Waals surface area contributed by atoms with Gasteiger partial charge in [-0.2, -0.15) is 0 Å². The van der Waals surface area contributed by atoms with Crippen LogP contribution in [0.4, 0.5) is 10.1 Å². The van der Waals surface area contributed by atoms with E-state index < -0.39 is 0 Å². The molecule has 0 aliphatic heterocycles. The van der Waals surface area contributed by atoms with Crippen LogP contribution in [0.5, 0.6) is 0 Å². The molecule has 1 atom stereocenters. The molecular weight excluding hydrogens is 251 g/mol. The van der Waals surface area contributed by atoms with Gasteiger partial charge in [0.2, 0.25) is 0 Å². The van der Waals surface area contributed by atoms with Crippen LogP contribution in [0.2, 0.25) is 0 Å². The van der Waals surface area contributed by atoms with Gasteiger partial charge in [0.25, 0.3) is 0 Å². The Hall–Kier alpha value is -1.35. The van der Waals surface area contributed by atoms with Gasteiger partial charge in [-0.1, -0.05) is 13.0 Å². The molecule has 0 bridgehead atoms. The SMILES string of the molecule is C=CCN(c1ccc(F)cc1C(C)NCC)C(C)(C)C. The van der Waals surface area contributed by atoms with Crippen LogP contribution in [0.1, 0.15) is 46.2 Å². The van der Waals surface area contributed by atoms with E-state index in [1.807, 2.05) is 12.1 Å². The molecule has 0 saturated heterocycles. The first-order valence-electron chi connectivity index (χ1n) is 7.22. The Morgan fingerprint density at radius 3 is 2.55 bits per heavy atom. The Labute approximate surface area is 122 Å². The highest BCUT2D eigenvalue weighted by atomic mass is 19.1. The summed E-state index contributed by atoms with van der Waals surface area (Å²) in [6.07, 6.45) is 1.89. The fourth-order valence-corrected chi connectivity index (χ4v) is 2.40. The maximum absolute atomic E-state index is 13.6. The van der Waals surface area contributed by atoms with Gasteiger partial charge < -0.3 is 10.2 Å². The number of nitrogens with zero attached hydrogens (tertiary/aromatic N) is 1. The van der Waals surface area contributed by atoms with Crippen molar-refractivity contribution in [1.82, 2.24) is 5.32 Å². The van der Waals surface area contributed by atoms with Crippen LogP contribution in [0, 0.1) is 5.82 Å². The van der Waals surface area contributed by atoms with E-state index in [1.165, 1.54) is 6.07 Å². The summed E-state index contributed by atoms with van der Waals surface area (Å²) in [6, 6.07) is 5.14. The van der Waals surface area contributed by atoms with E-state index in [9.17, 15) is 4.39 Å². The summed E-state index contributed by atoms with van der Waals surface area (Å²) in [5, 5.41) is 3.36. The summed E-state index contributed by atoms with van der Waals surface area (Å²) in [5.74, 6) is -0.194. The second kappa shape index (κ2) is 6.89. The fraction of sp³-hybridized carbons (Fsp3) is 0.529. The number of benzene rings is 1. The minimum atomic E-state index is -0.194. The van der Waals surface area contributed by atoms with E-state index >= 15 is 0 Å². The third-order valence-electron chi connectivity index (χ3n) is 3.38. The lowest BCUT2D eigenvalue weighted by Gasteiger charge is -2.39. The molecule has 112 valence electrons. The predicted molar refractivity (Wildman–Crippen MR) is 85.8 cm³/mol. The smallest absolute Gasteiger partial charge is 0.123 e. The summed E-state index contributed by atoms with van der Waals surface area (Å²) in [6.45, 7) is 16.0. The van der Waals surface area contributed by atoms with Crippen molar-refractivity contribution in [2.45, 2.75) is 46.2 Å². The highest BCUT2D eigenvalue weighted by Gasteiger charge is 2.24. The van der Waals surface area contributed by atoms with Crippen LogP contribution in [0.3, 0.4) is 0 Å². The van der Waals surface area contributed by atoms with Gasteiger partial charge >= 0.3 is 0 Å². The summed E-state index contributed by atoms with van der Waals surface area (Å²) in [4.78, 5) is 2.25. The second-order valence-electron chi connectivity index (χ2n) is 6.05. The van der Waals surface area contributed by atoms with Crippen molar-refractivity contribution < 1.29 is 4.39 Å². The molecule has 1 aromatic rings. The predicted octanol–water partition coefficient (Wildman–Crippen LogP) is 4.29. The van der Waals surface area contributed by atoms with Crippen molar-refractivity contribution in [3.05, 3.63) is 42.2 Å². The number of hydrogen-bond donors (Lipinski definition) is 1. The van der Waals surface area contributed by atoms with Gasteiger partial charge in [-0.15, -0.1) is 6.58 Å². The van der Waals surface area contributed by atoms with E-state index in [0.717, 1.165) is 24.3 Å². The number of nitrogens with one attached hydrogen (secondary N) is 1. The Kier molecular flexibility index (Phi) is 5.75. The van der Waals surface area contributed by atoms with E-state index in [-0.39, 0.29) is 17.4 Å². The van der Waals surface area contributed by atoms with Crippen LogP contribution in [-0.2, 0) is 0 Å². The molecule has 0 spiro atoms. The molecule has 2 nitrogen and oxygen atoms in total. The summed E-state index contributed by atoms with van der Waals surface area (Å²) < 4.78 is 13.6. The molecule has 0 radical (unpaired) electrons. The van der Waals surface area contributed by atoms with Crippen LogP contribution in [0.15, 0.2) is 30.9 Å². The number of hydrogen-bond acceptors (Lipinski definition) is 2. The largest absolute Gasteiger partial charge is 0.363 e. The van der Waals surface area contributed by atoms with Gasteiger partial charge in [0.1, 0.15) is 5.82 Å². The number of anilines is 1. The van der Waals surface area contributed by atoms with Crippen LogP contribution >= 0.6 is 0 Å². The van der Waals surface area contributed by atoms with Gasteiger partial charge in [0, 0.05) is 23.8 Å². The lowest BCUT2D eigenvalue weighted by molar-refractivity contribution is 0.513. The average molecular weight is 278 g/mol. The Balaban J connectivity index is 3.30. The van der Waals surface area contributed by atoms with Crippen molar-refractivity contribution in [3.8, 4) is 0 Å². The molecule has 1 unspecified atom stereocenters. The zero-order chi connectivity index (χ0) is 15.3. The third kappa shape index (κ3) is 4.07. The van der Waals surface area contributed by atoms with Gasteiger partial charge in [-0.25, -0.2) is 4.39 Å². The summed E-state index contributed by atoms with van der Waals surface area (Å²) in [5.41, 5.74) is 2.00. The first-order chi connectivity index (χ1) is 9.31. The number of rotatable bonds is 6. The van der Waals surface area contributed by atoms with Gasteiger partial charge in [-0.3, -0.25) is 0 Å². The Morgan fingerprint density at radius 2 is 2.05 bits per heavy atom. The lowest BCUT2D eigenvalue weighted by Crippen LogP contribution is -2.42. The van der Waals surface area contributed by atoms with E-state index in [2.05, 4.69) is 51.4 Å². The van der Waals surface area contributed by atoms with E-state index in [4.69, 9.17) is 0 Å². The van der Waals surface area contributed by atoms with Gasteiger partial charge in [0.05, 0.1) is 0 Å². The molecule has 1 rings (SSSR count). The molecule has 0 aromatic heterocycles. The number of halogens is 1. The lowest BCUT2D eigenvalue weighted by atomic mass is 9.99. The van der Waals surface area contributed by atoms with Gasteiger partial charge in [-0.05, 0) is 58.0 Å². The first-order valence-corrected chi connectivity index (χ1v) is 7.22. The molecule has 0 fully saturated rings. The summed E-state index contributed by atoms with van der Waals surface area (Å²) in [7, 11) is 0. The molecule has 1 aromatic carbocycles. The monoisotopic (exact) mass is 278 g/mol. The maximum Gasteiger partial charge on any atom is 0.123 e. The van der Waals surface area contributed by atoms with Crippen molar-refractivity contribution in [3.63, 3.8) is 0 Å². The standard InChI is InChI=1S/C17H27FN2/c1-7-11-20(17(4,5)6)16-10-9-14(18)12-15(16)13(3)19-8-2/h7,9-10,12-13,19H,1,8,11H2,2-6H3. The molecule has 0 saturated carbocycles. The van der Waals surface area contributed by atoms with Crippen molar-refractivity contribution in [2.75, 3.05) is 18.0 Å². The van der Waals surface area contributed by atoms with Gasteiger partial charge in [0.15, 0.2) is 0 Å². The second-order valence-corrected chi connectivity index (χ2v) is 6.05. The molecule has 0 heterocycles. The highest BCUT2D eigenvalue weighted by molar-refractivity contribution is 5.57. The molecule has 0 amide bonds. The quantitative estimate of drug-likeness (QED) is 0.781. The van der Waals surface area contributed by atoms with Crippen molar-refractivity contribution in [1.29, 1.82) is 0 Å². The molecule has 1 N–H and O–H groups in total. The molecule has 3 heteroatoms. The van der Waals surface area contributed by atoms with E-state index in [1.54, 1.807) is 6.07 Å². The van der Waals surface area contributed by atoms with E-state index in [0.29, 0.717) is 0 Å². The van der Waals surface area contributed by atoms with Crippen LogP contribution in [-0.4, -0.2) is 18.6 Å². The van der Waals surface area contributed by atoms with Crippen molar-refractivity contribution >= 4 is 5.69 Å². The van der Waals surface area contributed by atoms with Crippen LogP contribution < -0.4 is 10.2 Å². The normalized spacial score (nSPS) is 13.1. The molecule has 0 aliphatic carbocycles. The van der Waals surface area contributed by atoms with Crippen molar-refractivity contribution in [2.24, 2.45) is 0 Å². The summed E-state index contributed by atoms with van der Waals surface area (Å²) >= 11 is 0. The first kappa shape index (κ1) is 16.7. The minimum Gasteiger partial charge on any atom is -0.363 e. The zero-order valence-electron chi connectivity index (χ0n) is 13.3. The topological polar surface area (TPSA) is 15.3 Å². The maximum atomic E-state index is 13.6. The molecular formula is C17H27FN2. The fourth-order valence-electron chi connectivity index (χ4n) is 2.40. The minimum absolute atomic E-state index is 0.0489. The highest BCUT2D eigenvalue weighted by Crippen LogP contribution is 2.31. The third-order valence-corrected chi connectivity index (χ3v) is 3.38.